The lowest BCUT2D eigenvalue weighted by molar-refractivity contribution is 0.425. The van der Waals surface area contributed by atoms with E-state index in [1.165, 1.54) is 0 Å². The van der Waals surface area contributed by atoms with Crippen molar-refractivity contribution in [1.29, 1.82) is 0 Å². The molecular weight excluding hydrogens is 188 g/mol. The van der Waals surface area contributed by atoms with Crippen molar-refractivity contribution in [2.45, 2.75) is 44.9 Å². The molecule has 0 aromatic rings. The predicted molar refractivity (Wildman–Crippen MR) is 54.9 cm³/mol. The fraction of sp³-hybridized carbons (Fsp3) is 1.00. The summed E-state index contributed by atoms with van der Waals surface area (Å²) in [5.74, 6) is 0. The van der Waals surface area contributed by atoms with Crippen LogP contribution in [0.3, 0.4) is 0 Å². The zero-order valence-electron chi connectivity index (χ0n) is 8.79. The molecule has 0 aliphatic carbocycles. The van der Waals surface area contributed by atoms with Gasteiger partial charge in [0.2, 0.25) is 10.0 Å². The van der Waals surface area contributed by atoms with Crippen molar-refractivity contribution in [3.8, 4) is 0 Å². The average molecular weight is 208 g/mol. The Morgan fingerprint density at radius 3 is 2.15 bits per heavy atom. The van der Waals surface area contributed by atoms with Gasteiger partial charge in [-0.15, -0.1) is 0 Å². The van der Waals surface area contributed by atoms with Gasteiger partial charge in [-0.1, -0.05) is 0 Å². The van der Waals surface area contributed by atoms with Crippen LogP contribution in [0.2, 0.25) is 0 Å². The first-order chi connectivity index (χ1) is 5.71. The summed E-state index contributed by atoms with van der Waals surface area (Å²) in [5.41, 5.74) is 4.93. The van der Waals surface area contributed by atoms with E-state index in [1.54, 1.807) is 13.8 Å². The largest absolute Gasteiger partial charge is 0.330 e. The second kappa shape index (κ2) is 4.39. The molecule has 0 aromatic heterocycles. The van der Waals surface area contributed by atoms with Gasteiger partial charge in [0.15, 0.2) is 0 Å². The van der Waals surface area contributed by atoms with E-state index in [0.717, 1.165) is 0 Å². The van der Waals surface area contributed by atoms with Crippen molar-refractivity contribution < 1.29 is 8.42 Å². The Morgan fingerprint density at radius 2 is 1.85 bits per heavy atom. The fourth-order valence-electron chi connectivity index (χ4n) is 0.915. The number of hydrogen-bond donors (Lipinski definition) is 2. The van der Waals surface area contributed by atoms with Gasteiger partial charge < -0.3 is 5.73 Å². The molecule has 0 amide bonds. The number of rotatable bonds is 5. The van der Waals surface area contributed by atoms with Gasteiger partial charge in [0.25, 0.3) is 0 Å². The summed E-state index contributed by atoms with van der Waals surface area (Å²) in [6, 6.07) is 0. The van der Waals surface area contributed by atoms with Crippen LogP contribution in [0.5, 0.6) is 0 Å². The molecule has 0 aromatic carbocycles. The molecule has 0 saturated carbocycles. The van der Waals surface area contributed by atoms with Crippen LogP contribution in [0.1, 0.15) is 34.1 Å². The van der Waals surface area contributed by atoms with Gasteiger partial charge in [-0.3, -0.25) is 0 Å². The highest BCUT2D eigenvalue weighted by molar-refractivity contribution is 7.90. The van der Waals surface area contributed by atoms with Crippen molar-refractivity contribution in [2.75, 3.05) is 6.54 Å². The van der Waals surface area contributed by atoms with Crippen molar-refractivity contribution in [2.24, 2.45) is 5.73 Å². The number of sulfonamides is 1. The monoisotopic (exact) mass is 208 g/mol. The highest BCUT2D eigenvalue weighted by Crippen LogP contribution is 2.10. The van der Waals surface area contributed by atoms with E-state index < -0.39 is 20.8 Å². The van der Waals surface area contributed by atoms with Crippen LogP contribution in [0.25, 0.3) is 0 Å². The van der Waals surface area contributed by atoms with Gasteiger partial charge in [0.05, 0.1) is 5.25 Å². The molecule has 0 aliphatic heterocycles. The maximum absolute atomic E-state index is 11.5. The number of nitrogens with one attached hydrogen (secondary N) is 1. The molecule has 5 heteroatoms. The molecule has 0 radical (unpaired) electrons. The average Bonchev–Trinajstić information content (AvgIpc) is 1.83. The second-order valence-corrected chi connectivity index (χ2v) is 6.36. The molecule has 0 spiro atoms. The van der Waals surface area contributed by atoms with E-state index in [9.17, 15) is 8.42 Å². The molecule has 0 rings (SSSR count). The summed E-state index contributed by atoms with van der Waals surface area (Å²) in [7, 11) is -3.18. The second-order valence-electron chi connectivity index (χ2n) is 4.12. The normalized spacial score (nSPS) is 13.7. The lowest BCUT2D eigenvalue weighted by atomic mass is 10.0. The molecule has 0 aliphatic rings. The Kier molecular flexibility index (Phi) is 4.35. The van der Waals surface area contributed by atoms with Crippen LogP contribution >= 0.6 is 0 Å². The van der Waals surface area contributed by atoms with Crippen LogP contribution in [-0.4, -0.2) is 25.8 Å². The fourth-order valence-corrected chi connectivity index (χ4v) is 2.02. The first-order valence-corrected chi connectivity index (χ1v) is 5.99. The van der Waals surface area contributed by atoms with Gasteiger partial charge in [-0.2, -0.15) is 0 Å². The number of hydrogen-bond acceptors (Lipinski definition) is 3. The van der Waals surface area contributed by atoms with E-state index in [0.29, 0.717) is 13.0 Å². The van der Waals surface area contributed by atoms with E-state index >= 15 is 0 Å². The van der Waals surface area contributed by atoms with Gasteiger partial charge in [-0.05, 0) is 40.7 Å². The zero-order valence-corrected chi connectivity index (χ0v) is 9.61. The molecule has 80 valence electrons. The summed E-state index contributed by atoms with van der Waals surface area (Å²) in [4.78, 5) is 0. The van der Waals surface area contributed by atoms with Gasteiger partial charge in [-0.25, -0.2) is 13.1 Å². The summed E-state index contributed by atoms with van der Waals surface area (Å²) >= 11 is 0. The summed E-state index contributed by atoms with van der Waals surface area (Å²) in [6.45, 7) is 7.45. The predicted octanol–water partition coefficient (Wildman–Crippen LogP) is 0.442. The van der Waals surface area contributed by atoms with Crippen molar-refractivity contribution >= 4 is 10.0 Å². The molecule has 3 N–H and O–H groups in total. The minimum atomic E-state index is -3.18. The van der Waals surface area contributed by atoms with Crippen molar-refractivity contribution in [1.82, 2.24) is 4.72 Å². The van der Waals surface area contributed by atoms with Gasteiger partial charge >= 0.3 is 0 Å². The Labute approximate surface area is 80.9 Å². The highest BCUT2D eigenvalue weighted by Gasteiger charge is 2.25. The third-order valence-corrected chi connectivity index (χ3v) is 3.89. The molecule has 4 nitrogen and oxygen atoms in total. The van der Waals surface area contributed by atoms with Crippen LogP contribution in [0.15, 0.2) is 0 Å². The SMILES string of the molecule is CC(C)S(=O)(=O)NC(C)(C)CCN. The Hall–Kier alpha value is -0.130. The van der Waals surface area contributed by atoms with Crippen molar-refractivity contribution in [3.63, 3.8) is 0 Å². The Balaban J connectivity index is 4.43. The van der Waals surface area contributed by atoms with Crippen LogP contribution < -0.4 is 10.5 Å². The van der Waals surface area contributed by atoms with E-state index in [-0.39, 0.29) is 0 Å². The van der Waals surface area contributed by atoms with E-state index in [4.69, 9.17) is 5.73 Å². The Morgan fingerprint density at radius 1 is 1.38 bits per heavy atom. The molecule has 0 unspecified atom stereocenters. The number of nitrogens with two attached hydrogens (primary N) is 1. The lowest BCUT2D eigenvalue weighted by Gasteiger charge is -2.26. The third-order valence-electron chi connectivity index (χ3n) is 1.81. The maximum Gasteiger partial charge on any atom is 0.214 e. The van der Waals surface area contributed by atoms with Crippen molar-refractivity contribution in [3.05, 3.63) is 0 Å². The topological polar surface area (TPSA) is 72.2 Å². The standard InChI is InChI=1S/C8H20N2O2S/c1-7(2)13(11,12)10-8(3,4)5-6-9/h7,10H,5-6,9H2,1-4H3. The van der Waals surface area contributed by atoms with E-state index in [1.807, 2.05) is 13.8 Å². The quantitative estimate of drug-likeness (QED) is 0.688. The van der Waals surface area contributed by atoms with E-state index in [2.05, 4.69) is 4.72 Å². The summed E-state index contributed by atoms with van der Waals surface area (Å²) < 4.78 is 25.6. The highest BCUT2D eigenvalue weighted by atomic mass is 32.2. The van der Waals surface area contributed by atoms with Gasteiger partial charge in [0.1, 0.15) is 0 Å². The first-order valence-electron chi connectivity index (χ1n) is 4.44. The molecule has 0 heterocycles. The Bertz CT molecular complexity index is 245. The minimum absolute atomic E-state index is 0.399. The van der Waals surface area contributed by atoms with Crippen LogP contribution in [0, 0.1) is 0 Å². The molecule has 0 bridgehead atoms. The third kappa shape index (κ3) is 4.59. The zero-order chi connectivity index (χ0) is 10.7. The summed E-state index contributed by atoms with van der Waals surface area (Å²) in [5, 5.41) is -0.399. The smallest absolute Gasteiger partial charge is 0.214 e. The summed E-state index contributed by atoms with van der Waals surface area (Å²) in [6.07, 6.45) is 0.638. The molecule has 13 heavy (non-hydrogen) atoms. The minimum Gasteiger partial charge on any atom is -0.330 e. The first kappa shape index (κ1) is 12.9. The van der Waals surface area contributed by atoms with Crippen LogP contribution in [0.4, 0.5) is 0 Å². The lowest BCUT2D eigenvalue weighted by Crippen LogP contribution is -2.47. The van der Waals surface area contributed by atoms with Gasteiger partial charge in [0, 0.05) is 5.54 Å². The maximum atomic E-state index is 11.5. The molecule has 0 atom stereocenters. The molecule has 0 fully saturated rings. The van der Waals surface area contributed by atoms with Crippen LogP contribution in [-0.2, 0) is 10.0 Å². The molecular formula is C8H20N2O2S. The molecule has 0 saturated heterocycles.